The standard InChI is InChI=1S/C16H23FN2O/c17-15-7-4-6-14(12-15)13-16(20)18-8-5-11-19-9-2-1-3-10-19/h4,6-7,12H,1-3,5,8-11,13H2,(H,18,20). The Morgan fingerprint density at radius 3 is 2.80 bits per heavy atom. The highest BCUT2D eigenvalue weighted by Crippen LogP contribution is 2.08. The zero-order valence-electron chi connectivity index (χ0n) is 11.9. The molecule has 1 saturated heterocycles. The van der Waals surface area contributed by atoms with E-state index in [4.69, 9.17) is 0 Å². The van der Waals surface area contributed by atoms with Gasteiger partial charge in [0.05, 0.1) is 6.42 Å². The molecule has 20 heavy (non-hydrogen) atoms. The molecule has 0 aromatic heterocycles. The van der Waals surface area contributed by atoms with Gasteiger partial charge >= 0.3 is 0 Å². The molecule has 0 bridgehead atoms. The van der Waals surface area contributed by atoms with Gasteiger partial charge in [0, 0.05) is 6.54 Å². The summed E-state index contributed by atoms with van der Waals surface area (Å²) in [5, 5.41) is 2.90. The molecule has 0 atom stereocenters. The van der Waals surface area contributed by atoms with E-state index in [-0.39, 0.29) is 18.1 Å². The molecule has 1 heterocycles. The Balaban J connectivity index is 1.60. The molecule has 3 nitrogen and oxygen atoms in total. The number of nitrogens with one attached hydrogen (secondary N) is 1. The van der Waals surface area contributed by atoms with Crippen LogP contribution in [0.1, 0.15) is 31.2 Å². The minimum absolute atomic E-state index is 0.0331. The molecule has 1 aliphatic rings. The van der Waals surface area contributed by atoms with Crippen LogP contribution in [0, 0.1) is 5.82 Å². The first-order valence-electron chi connectivity index (χ1n) is 7.47. The fraction of sp³-hybridized carbons (Fsp3) is 0.562. The van der Waals surface area contributed by atoms with Gasteiger partial charge < -0.3 is 10.2 Å². The third-order valence-corrected chi connectivity index (χ3v) is 3.68. The van der Waals surface area contributed by atoms with E-state index in [9.17, 15) is 9.18 Å². The summed E-state index contributed by atoms with van der Waals surface area (Å²) in [5.41, 5.74) is 0.721. The summed E-state index contributed by atoms with van der Waals surface area (Å²) in [6.07, 6.45) is 5.18. The van der Waals surface area contributed by atoms with Gasteiger partial charge in [-0.15, -0.1) is 0 Å². The van der Waals surface area contributed by atoms with Gasteiger partial charge in [-0.25, -0.2) is 4.39 Å². The Morgan fingerprint density at radius 2 is 2.05 bits per heavy atom. The van der Waals surface area contributed by atoms with Gasteiger partial charge in [0.25, 0.3) is 0 Å². The first kappa shape index (κ1) is 15.0. The first-order chi connectivity index (χ1) is 9.74. The topological polar surface area (TPSA) is 32.3 Å². The maximum absolute atomic E-state index is 13.0. The second-order valence-electron chi connectivity index (χ2n) is 5.41. The number of carbonyl (C=O) groups is 1. The number of halogens is 1. The van der Waals surface area contributed by atoms with E-state index in [1.807, 2.05) is 0 Å². The van der Waals surface area contributed by atoms with Crippen molar-refractivity contribution in [1.82, 2.24) is 10.2 Å². The Bertz CT molecular complexity index is 430. The van der Waals surface area contributed by atoms with Crippen molar-refractivity contribution in [1.29, 1.82) is 0 Å². The lowest BCUT2D eigenvalue weighted by Gasteiger charge is -2.26. The van der Waals surface area contributed by atoms with Crippen LogP contribution in [0.5, 0.6) is 0 Å². The van der Waals surface area contributed by atoms with Crippen LogP contribution in [-0.4, -0.2) is 37.0 Å². The summed E-state index contributed by atoms with van der Waals surface area (Å²) in [5.74, 6) is -0.324. The fourth-order valence-electron chi connectivity index (χ4n) is 2.61. The molecule has 110 valence electrons. The Morgan fingerprint density at radius 1 is 1.25 bits per heavy atom. The Kier molecular flexibility index (Phi) is 5.99. The van der Waals surface area contributed by atoms with Gasteiger partial charge in [0.15, 0.2) is 0 Å². The molecule has 1 aromatic carbocycles. The minimum Gasteiger partial charge on any atom is -0.356 e. The highest BCUT2D eigenvalue weighted by molar-refractivity contribution is 5.78. The van der Waals surface area contributed by atoms with Crippen molar-refractivity contribution in [2.45, 2.75) is 32.1 Å². The Hall–Kier alpha value is -1.42. The minimum atomic E-state index is -0.291. The highest BCUT2D eigenvalue weighted by atomic mass is 19.1. The van der Waals surface area contributed by atoms with E-state index >= 15 is 0 Å². The molecule has 2 rings (SSSR count). The monoisotopic (exact) mass is 278 g/mol. The van der Waals surface area contributed by atoms with Crippen LogP contribution in [0.15, 0.2) is 24.3 Å². The van der Waals surface area contributed by atoms with Crippen LogP contribution >= 0.6 is 0 Å². The molecule has 1 aromatic rings. The third-order valence-electron chi connectivity index (χ3n) is 3.68. The second-order valence-corrected chi connectivity index (χ2v) is 5.41. The SMILES string of the molecule is O=C(Cc1cccc(F)c1)NCCCN1CCCCC1. The zero-order chi connectivity index (χ0) is 14.2. The van der Waals surface area contributed by atoms with Gasteiger partial charge in [0.2, 0.25) is 5.91 Å². The number of hydrogen-bond donors (Lipinski definition) is 1. The normalized spacial score (nSPS) is 16.1. The van der Waals surface area contributed by atoms with E-state index < -0.39 is 0 Å². The van der Waals surface area contributed by atoms with E-state index in [0.29, 0.717) is 6.54 Å². The lowest BCUT2D eigenvalue weighted by atomic mass is 10.1. The molecule has 4 heteroatoms. The fourth-order valence-corrected chi connectivity index (χ4v) is 2.61. The van der Waals surface area contributed by atoms with Crippen LogP contribution < -0.4 is 5.32 Å². The van der Waals surface area contributed by atoms with Crippen molar-refractivity contribution in [3.63, 3.8) is 0 Å². The van der Waals surface area contributed by atoms with Gasteiger partial charge in [-0.05, 0) is 56.6 Å². The summed E-state index contributed by atoms with van der Waals surface area (Å²) < 4.78 is 13.0. The number of amides is 1. The van der Waals surface area contributed by atoms with Crippen molar-refractivity contribution >= 4 is 5.91 Å². The summed E-state index contributed by atoms with van der Waals surface area (Å²) in [6.45, 7) is 4.14. The maximum Gasteiger partial charge on any atom is 0.224 e. The number of rotatable bonds is 6. The predicted molar refractivity (Wildman–Crippen MR) is 78.0 cm³/mol. The summed E-state index contributed by atoms with van der Waals surface area (Å²) in [6, 6.07) is 6.21. The van der Waals surface area contributed by atoms with Gasteiger partial charge in [-0.2, -0.15) is 0 Å². The molecule has 1 amide bonds. The van der Waals surface area contributed by atoms with Gasteiger partial charge in [0.1, 0.15) is 5.82 Å². The molecular formula is C16H23FN2O. The van der Waals surface area contributed by atoms with Gasteiger partial charge in [-0.1, -0.05) is 18.6 Å². The molecule has 0 aliphatic carbocycles. The average Bonchev–Trinajstić information content (AvgIpc) is 2.45. The zero-order valence-corrected chi connectivity index (χ0v) is 11.9. The van der Waals surface area contributed by atoms with Crippen LogP contribution in [-0.2, 0) is 11.2 Å². The van der Waals surface area contributed by atoms with E-state index in [1.165, 1.54) is 44.5 Å². The third kappa shape index (κ3) is 5.29. The molecule has 0 unspecified atom stereocenters. The number of carbonyl (C=O) groups excluding carboxylic acids is 1. The highest BCUT2D eigenvalue weighted by Gasteiger charge is 2.09. The van der Waals surface area contributed by atoms with Crippen molar-refractivity contribution in [2.24, 2.45) is 0 Å². The van der Waals surface area contributed by atoms with Crippen LogP contribution in [0.2, 0.25) is 0 Å². The average molecular weight is 278 g/mol. The maximum atomic E-state index is 13.0. The van der Waals surface area contributed by atoms with Crippen molar-refractivity contribution < 1.29 is 9.18 Å². The lowest BCUT2D eigenvalue weighted by Crippen LogP contribution is -2.33. The number of nitrogens with zero attached hydrogens (tertiary/aromatic N) is 1. The second kappa shape index (κ2) is 8.00. The van der Waals surface area contributed by atoms with E-state index in [0.717, 1.165) is 18.5 Å². The molecule has 1 aliphatic heterocycles. The predicted octanol–water partition coefficient (Wildman–Crippen LogP) is 2.36. The van der Waals surface area contributed by atoms with Crippen molar-refractivity contribution in [3.8, 4) is 0 Å². The molecule has 0 spiro atoms. The number of benzene rings is 1. The van der Waals surface area contributed by atoms with Crippen molar-refractivity contribution in [2.75, 3.05) is 26.2 Å². The van der Waals surface area contributed by atoms with Crippen LogP contribution in [0.4, 0.5) is 4.39 Å². The van der Waals surface area contributed by atoms with Gasteiger partial charge in [-0.3, -0.25) is 4.79 Å². The number of likely N-dealkylation sites (tertiary alicyclic amines) is 1. The van der Waals surface area contributed by atoms with Crippen LogP contribution in [0.25, 0.3) is 0 Å². The van der Waals surface area contributed by atoms with Crippen LogP contribution in [0.3, 0.4) is 0 Å². The molecule has 1 N–H and O–H groups in total. The molecule has 0 radical (unpaired) electrons. The van der Waals surface area contributed by atoms with Crippen molar-refractivity contribution in [3.05, 3.63) is 35.6 Å². The summed E-state index contributed by atoms with van der Waals surface area (Å²) in [7, 11) is 0. The quantitative estimate of drug-likeness (QED) is 0.810. The first-order valence-corrected chi connectivity index (χ1v) is 7.47. The molecule has 1 fully saturated rings. The number of piperidine rings is 1. The van der Waals surface area contributed by atoms with E-state index in [2.05, 4.69) is 10.2 Å². The van der Waals surface area contributed by atoms with E-state index in [1.54, 1.807) is 12.1 Å². The Labute approximate surface area is 120 Å². The molecule has 0 saturated carbocycles. The summed E-state index contributed by atoms with van der Waals surface area (Å²) in [4.78, 5) is 14.2. The smallest absolute Gasteiger partial charge is 0.224 e. The lowest BCUT2D eigenvalue weighted by molar-refractivity contribution is -0.120. The largest absolute Gasteiger partial charge is 0.356 e. The number of hydrogen-bond acceptors (Lipinski definition) is 2. The molecular weight excluding hydrogens is 255 g/mol. The summed E-state index contributed by atoms with van der Waals surface area (Å²) >= 11 is 0.